The summed E-state index contributed by atoms with van der Waals surface area (Å²) in [7, 11) is 0. The van der Waals surface area contributed by atoms with Gasteiger partial charge >= 0.3 is 0 Å². The van der Waals surface area contributed by atoms with E-state index in [-0.39, 0.29) is 0 Å². The number of nitrogens with one attached hydrogen (secondary N) is 1. The van der Waals surface area contributed by atoms with Crippen molar-refractivity contribution in [2.45, 2.75) is 25.9 Å². The zero-order valence-electron chi connectivity index (χ0n) is 10.9. The first-order chi connectivity index (χ1) is 8.72. The third kappa shape index (κ3) is 2.18. The molecule has 1 aliphatic rings. The van der Waals surface area contributed by atoms with Crippen molar-refractivity contribution in [2.24, 2.45) is 0 Å². The van der Waals surface area contributed by atoms with E-state index in [0.29, 0.717) is 12.1 Å². The molecule has 0 bridgehead atoms. The van der Waals surface area contributed by atoms with E-state index in [1.807, 2.05) is 12.3 Å². The summed E-state index contributed by atoms with van der Waals surface area (Å²) >= 11 is 0. The number of nitrogens with zero attached hydrogens (tertiary/aromatic N) is 2. The van der Waals surface area contributed by atoms with Crippen LogP contribution in [0.4, 0.5) is 5.69 Å². The van der Waals surface area contributed by atoms with Crippen LogP contribution >= 0.6 is 0 Å². The Kier molecular flexibility index (Phi) is 2.92. The topological polar surface area (TPSA) is 28.2 Å². The van der Waals surface area contributed by atoms with Crippen LogP contribution in [0.3, 0.4) is 0 Å². The van der Waals surface area contributed by atoms with Gasteiger partial charge in [0.15, 0.2) is 0 Å². The normalized spacial score (nSPS) is 24.4. The van der Waals surface area contributed by atoms with E-state index < -0.39 is 0 Å². The van der Waals surface area contributed by atoms with Crippen LogP contribution in [0.5, 0.6) is 0 Å². The standard InChI is InChI=1S/C15H19N3/c1-11-9-18(10-12(2)17-11)14-6-5-13-4-3-7-16-15(13)8-14/h3-8,11-12,17H,9-10H2,1-2H3. The van der Waals surface area contributed by atoms with Crippen molar-refractivity contribution in [1.82, 2.24) is 10.3 Å². The van der Waals surface area contributed by atoms with Gasteiger partial charge in [-0.15, -0.1) is 0 Å². The zero-order chi connectivity index (χ0) is 12.5. The molecule has 1 saturated heterocycles. The van der Waals surface area contributed by atoms with Crippen molar-refractivity contribution in [3.8, 4) is 0 Å². The van der Waals surface area contributed by atoms with Crippen LogP contribution in [0, 0.1) is 0 Å². The van der Waals surface area contributed by atoms with Gasteiger partial charge < -0.3 is 10.2 Å². The third-order valence-corrected chi connectivity index (χ3v) is 3.51. The Balaban J connectivity index is 1.93. The molecule has 3 nitrogen and oxygen atoms in total. The summed E-state index contributed by atoms with van der Waals surface area (Å²) < 4.78 is 0. The maximum atomic E-state index is 4.43. The fraction of sp³-hybridized carbons (Fsp3) is 0.400. The van der Waals surface area contributed by atoms with Gasteiger partial charge in [-0.1, -0.05) is 12.1 Å². The molecule has 0 spiro atoms. The maximum absolute atomic E-state index is 4.43. The molecule has 0 aliphatic carbocycles. The number of rotatable bonds is 1. The molecule has 1 aliphatic heterocycles. The van der Waals surface area contributed by atoms with Gasteiger partial charge in [-0.05, 0) is 32.0 Å². The number of fused-ring (bicyclic) bond motifs is 1. The minimum Gasteiger partial charge on any atom is -0.368 e. The Hall–Kier alpha value is -1.61. The molecule has 0 radical (unpaired) electrons. The average Bonchev–Trinajstić information content (AvgIpc) is 2.37. The van der Waals surface area contributed by atoms with Gasteiger partial charge in [0.2, 0.25) is 0 Å². The average molecular weight is 241 g/mol. The highest BCUT2D eigenvalue weighted by molar-refractivity contribution is 5.82. The molecule has 2 aromatic rings. The van der Waals surface area contributed by atoms with Crippen molar-refractivity contribution in [3.63, 3.8) is 0 Å². The smallest absolute Gasteiger partial charge is 0.0722 e. The maximum Gasteiger partial charge on any atom is 0.0722 e. The van der Waals surface area contributed by atoms with Gasteiger partial charge in [0.05, 0.1) is 5.52 Å². The molecular formula is C15H19N3. The van der Waals surface area contributed by atoms with Gasteiger partial charge in [0, 0.05) is 42.4 Å². The Morgan fingerprint density at radius 1 is 1.17 bits per heavy atom. The number of hydrogen-bond donors (Lipinski definition) is 1. The molecule has 2 heterocycles. The number of piperazine rings is 1. The lowest BCUT2D eigenvalue weighted by Gasteiger charge is -2.37. The first-order valence-corrected chi connectivity index (χ1v) is 6.58. The Bertz CT molecular complexity index is 542. The second-order valence-electron chi connectivity index (χ2n) is 5.25. The number of aromatic nitrogens is 1. The minimum atomic E-state index is 0.535. The van der Waals surface area contributed by atoms with E-state index in [1.165, 1.54) is 11.1 Å². The predicted octanol–water partition coefficient (Wildman–Crippen LogP) is 2.42. The molecule has 1 aromatic heterocycles. The van der Waals surface area contributed by atoms with Crippen molar-refractivity contribution in [3.05, 3.63) is 36.5 Å². The number of benzene rings is 1. The largest absolute Gasteiger partial charge is 0.368 e. The number of pyridine rings is 1. The molecule has 18 heavy (non-hydrogen) atoms. The van der Waals surface area contributed by atoms with Gasteiger partial charge in [-0.3, -0.25) is 4.98 Å². The highest BCUT2D eigenvalue weighted by atomic mass is 15.2. The van der Waals surface area contributed by atoms with Gasteiger partial charge in [0.25, 0.3) is 0 Å². The molecule has 0 amide bonds. The lowest BCUT2D eigenvalue weighted by Crippen LogP contribution is -2.54. The van der Waals surface area contributed by atoms with Crippen molar-refractivity contribution >= 4 is 16.6 Å². The fourth-order valence-electron chi connectivity index (χ4n) is 2.79. The van der Waals surface area contributed by atoms with Crippen LogP contribution in [-0.4, -0.2) is 30.2 Å². The summed E-state index contributed by atoms with van der Waals surface area (Å²) in [5.41, 5.74) is 2.36. The van der Waals surface area contributed by atoms with Crippen molar-refractivity contribution in [2.75, 3.05) is 18.0 Å². The van der Waals surface area contributed by atoms with Gasteiger partial charge in [-0.25, -0.2) is 0 Å². The molecule has 1 fully saturated rings. The quantitative estimate of drug-likeness (QED) is 0.831. The number of anilines is 1. The van der Waals surface area contributed by atoms with Gasteiger partial charge in [0.1, 0.15) is 0 Å². The molecule has 1 N–H and O–H groups in total. The summed E-state index contributed by atoms with van der Waals surface area (Å²) in [5, 5.41) is 4.76. The number of hydrogen-bond acceptors (Lipinski definition) is 3. The van der Waals surface area contributed by atoms with E-state index >= 15 is 0 Å². The third-order valence-electron chi connectivity index (χ3n) is 3.51. The van der Waals surface area contributed by atoms with Crippen molar-refractivity contribution in [1.29, 1.82) is 0 Å². The molecule has 1 aromatic carbocycles. The SMILES string of the molecule is CC1CN(c2ccc3cccnc3c2)CC(C)N1. The lowest BCUT2D eigenvalue weighted by atomic mass is 10.1. The first kappa shape index (κ1) is 11.5. The summed E-state index contributed by atoms with van der Waals surface area (Å²) in [6, 6.07) is 11.7. The Morgan fingerprint density at radius 2 is 1.94 bits per heavy atom. The lowest BCUT2D eigenvalue weighted by molar-refractivity contribution is 0.407. The summed E-state index contributed by atoms with van der Waals surface area (Å²) in [6.07, 6.45) is 1.86. The summed E-state index contributed by atoms with van der Waals surface area (Å²) in [6.45, 7) is 6.59. The second kappa shape index (κ2) is 4.58. The summed E-state index contributed by atoms with van der Waals surface area (Å²) in [4.78, 5) is 6.88. The van der Waals surface area contributed by atoms with Crippen LogP contribution in [0.15, 0.2) is 36.5 Å². The van der Waals surface area contributed by atoms with E-state index in [4.69, 9.17) is 0 Å². The van der Waals surface area contributed by atoms with Crippen LogP contribution in [0.25, 0.3) is 10.9 Å². The highest BCUT2D eigenvalue weighted by Crippen LogP contribution is 2.22. The Labute approximate surface area is 108 Å². The second-order valence-corrected chi connectivity index (χ2v) is 5.25. The zero-order valence-corrected chi connectivity index (χ0v) is 10.9. The van der Waals surface area contributed by atoms with E-state index in [2.05, 4.69) is 53.3 Å². The van der Waals surface area contributed by atoms with Crippen LogP contribution in [0.1, 0.15) is 13.8 Å². The Morgan fingerprint density at radius 3 is 2.72 bits per heavy atom. The highest BCUT2D eigenvalue weighted by Gasteiger charge is 2.21. The molecular weight excluding hydrogens is 222 g/mol. The molecule has 3 heteroatoms. The van der Waals surface area contributed by atoms with Gasteiger partial charge in [-0.2, -0.15) is 0 Å². The van der Waals surface area contributed by atoms with E-state index in [0.717, 1.165) is 18.6 Å². The summed E-state index contributed by atoms with van der Waals surface area (Å²) in [5.74, 6) is 0. The van der Waals surface area contributed by atoms with Crippen LogP contribution in [0.2, 0.25) is 0 Å². The molecule has 0 saturated carbocycles. The predicted molar refractivity (Wildman–Crippen MR) is 76.0 cm³/mol. The first-order valence-electron chi connectivity index (χ1n) is 6.58. The molecule has 94 valence electrons. The minimum absolute atomic E-state index is 0.535. The van der Waals surface area contributed by atoms with Crippen LogP contribution < -0.4 is 10.2 Å². The monoisotopic (exact) mass is 241 g/mol. The van der Waals surface area contributed by atoms with Crippen LogP contribution in [-0.2, 0) is 0 Å². The molecule has 3 rings (SSSR count). The molecule has 2 atom stereocenters. The van der Waals surface area contributed by atoms with E-state index in [9.17, 15) is 0 Å². The fourth-order valence-corrected chi connectivity index (χ4v) is 2.79. The molecule has 2 unspecified atom stereocenters. The van der Waals surface area contributed by atoms with Crippen molar-refractivity contribution < 1.29 is 0 Å². The van der Waals surface area contributed by atoms with E-state index in [1.54, 1.807) is 0 Å².